The van der Waals surface area contributed by atoms with E-state index < -0.39 is 9.84 Å². The second-order valence-electron chi connectivity index (χ2n) is 12.2. The number of carbonyl (C=O) groups excluding carboxylic acids is 1. The summed E-state index contributed by atoms with van der Waals surface area (Å²) in [6.45, 7) is 28.7. The first kappa shape index (κ1) is 35.4. The maximum Gasteiger partial charge on any atom is 0.220 e. The summed E-state index contributed by atoms with van der Waals surface area (Å²) in [7, 11) is -2.86. The lowest BCUT2D eigenvalue weighted by Crippen LogP contribution is -2.30. The third kappa shape index (κ3) is 32.0. The molecule has 0 bridgehead atoms. The second kappa shape index (κ2) is 16.4. The molecule has 0 aliphatic carbocycles. The highest BCUT2D eigenvalue weighted by Crippen LogP contribution is 2.21. The van der Waals surface area contributed by atoms with Crippen molar-refractivity contribution in [2.75, 3.05) is 17.3 Å². The van der Waals surface area contributed by atoms with Gasteiger partial charge in [-0.1, -0.05) is 69.2 Å². The highest BCUT2D eigenvalue weighted by Gasteiger charge is 2.24. The van der Waals surface area contributed by atoms with Crippen molar-refractivity contribution in [1.82, 2.24) is 5.32 Å². The number of rotatable bonds is 8. The summed E-state index contributed by atoms with van der Waals surface area (Å²) in [5, 5.41) is 2.59. The fourth-order valence-electron chi connectivity index (χ4n) is 2.12. The van der Waals surface area contributed by atoms with Gasteiger partial charge in [0.05, 0.1) is 11.0 Å². The van der Waals surface area contributed by atoms with Crippen molar-refractivity contribution in [2.45, 2.75) is 115 Å². The Morgan fingerprint density at radius 2 is 1.26 bits per heavy atom. The number of hydrogen-bond acceptors (Lipinski definition) is 4. The monoisotopic (exact) mass is 481 g/mol. The average Bonchev–Trinajstić information content (AvgIpc) is 2.41. The molecule has 0 aliphatic rings. The van der Waals surface area contributed by atoms with Gasteiger partial charge in [-0.05, 0) is 61.9 Å². The van der Waals surface area contributed by atoms with E-state index in [1.165, 1.54) is 11.5 Å². The minimum absolute atomic E-state index is 0.122. The molecule has 190 valence electrons. The summed E-state index contributed by atoms with van der Waals surface area (Å²) in [6, 6.07) is 0.270. The van der Waals surface area contributed by atoms with Crippen molar-refractivity contribution < 1.29 is 13.2 Å². The van der Waals surface area contributed by atoms with Crippen LogP contribution in [0.25, 0.3) is 0 Å². The van der Waals surface area contributed by atoms with E-state index in [1.807, 2.05) is 48.5 Å². The van der Waals surface area contributed by atoms with Gasteiger partial charge in [0, 0.05) is 12.5 Å². The van der Waals surface area contributed by atoms with E-state index in [-0.39, 0.29) is 28.4 Å². The smallest absolute Gasteiger partial charge is 0.220 e. The number of carbonyl (C=O) groups is 1. The SMILES string of the molecule is CC(C)CC(=O)NC(C)C.CC(C)CSCC(C)(C)C.CC(C)S(=O)(=O)CC(C)(C)C. The number of sulfone groups is 1. The van der Waals surface area contributed by atoms with Gasteiger partial charge in [-0.15, -0.1) is 0 Å². The van der Waals surface area contributed by atoms with Crippen LogP contribution < -0.4 is 5.32 Å². The average molecular weight is 482 g/mol. The zero-order chi connectivity index (χ0) is 25.6. The third-order valence-corrected chi connectivity index (χ3v) is 8.06. The summed E-state index contributed by atoms with van der Waals surface area (Å²) in [5.41, 5.74) is 0.378. The van der Waals surface area contributed by atoms with Crippen LogP contribution >= 0.6 is 11.8 Å². The Labute approximate surface area is 200 Å². The predicted molar refractivity (Wildman–Crippen MR) is 143 cm³/mol. The van der Waals surface area contributed by atoms with Gasteiger partial charge in [0.1, 0.15) is 0 Å². The molecule has 0 saturated carbocycles. The van der Waals surface area contributed by atoms with E-state index in [0.29, 0.717) is 17.8 Å². The lowest BCUT2D eigenvalue weighted by atomic mass is 10.0. The van der Waals surface area contributed by atoms with Crippen LogP contribution in [0, 0.1) is 22.7 Å². The second-order valence-corrected chi connectivity index (χ2v) is 15.8. The fraction of sp³-hybridized carbons (Fsp3) is 0.960. The molecule has 1 amide bonds. The van der Waals surface area contributed by atoms with Crippen LogP contribution in [-0.2, 0) is 14.6 Å². The topological polar surface area (TPSA) is 63.2 Å². The van der Waals surface area contributed by atoms with E-state index in [1.54, 1.807) is 13.8 Å². The van der Waals surface area contributed by atoms with Crippen molar-refractivity contribution in [3.63, 3.8) is 0 Å². The minimum atomic E-state index is -2.86. The first-order valence-corrected chi connectivity index (χ1v) is 14.5. The number of nitrogens with one attached hydrogen (secondary N) is 1. The molecule has 0 heterocycles. The Balaban J connectivity index is -0.000000380. The minimum Gasteiger partial charge on any atom is -0.354 e. The summed E-state index contributed by atoms with van der Waals surface area (Å²) >= 11 is 2.07. The molecule has 0 rings (SSSR count). The first-order chi connectivity index (χ1) is 13.6. The van der Waals surface area contributed by atoms with Crippen LogP contribution in [0.5, 0.6) is 0 Å². The molecule has 0 aliphatic heterocycles. The molecule has 4 nitrogen and oxygen atoms in total. The molecule has 0 aromatic carbocycles. The molecular formula is C25H55NO3S2. The van der Waals surface area contributed by atoms with Crippen LogP contribution in [0.15, 0.2) is 0 Å². The standard InChI is InChI=1S/C9H20S.C8H17NO.C8H18O2S/c1-8(2)6-10-7-9(3,4)5;1-6(2)5-8(10)9-7(3)4;1-7(2)11(9,10)6-8(3,4)5/h8H,6-7H2,1-5H3;6-7H,5H2,1-4H3,(H,9,10);7H,6H2,1-5H3. The Morgan fingerprint density at radius 1 is 0.806 bits per heavy atom. The molecule has 0 saturated heterocycles. The van der Waals surface area contributed by atoms with Crippen molar-refractivity contribution in [3.8, 4) is 0 Å². The van der Waals surface area contributed by atoms with Crippen LogP contribution in [0.2, 0.25) is 0 Å². The van der Waals surface area contributed by atoms with E-state index in [4.69, 9.17) is 0 Å². The Hall–Kier alpha value is -0.230. The molecule has 6 heteroatoms. The van der Waals surface area contributed by atoms with Crippen LogP contribution in [0.1, 0.15) is 103 Å². The number of amides is 1. The molecule has 31 heavy (non-hydrogen) atoms. The Bertz CT molecular complexity index is 540. The summed E-state index contributed by atoms with van der Waals surface area (Å²) in [4.78, 5) is 11.0. The van der Waals surface area contributed by atoms with Gasteiger partial charge < -0.3 is 5.32 Å². The summed E-state index contributed by atoms with van der Waals surface area (Å²) in [6.07, 6.45) is 0.637. The van der Waals surface area contributed by atoms with Crippen molar-refractivity contribution in [2.24, 2.45) is 22.7 Å². The van der Waals surface area contributed by atoms with Crippen LogP contribution in [0.4, 0.5) is 0 Å². The highest BCUT2D eigenvalue weighted by molar-refractivity contribution is 7.99. The summed E-state index contributed by atoms with van der Waals surface area (Å²) < 4.78 is 22.7. The molecule has 0 atom stereocenters. The van der Waals surface area contributed by atoms with E-state index in [9.17, 15) is 13.2 Å². The van der Waals surface area contributed by atoms with E-state index in [2.05, 4.69) is 51.7 Å². The molecule has 0 spiro atoms. The maximum atomic E-state index is 11.3. The molecule has 0 radical (unpaired) electrons. The van der Waals surface area contributed by atoms with Gasteiger partial charge in [0.15, 0.2) is 9.84 Å². The van der Waals surface area contributed by atoms with Gasteiger partial charge in [-0.2, -0.15) is 11.8 Å². The van der Waals surface area contributed by atoms with E-state index >= 15 is 0 Å². The lowest BCUT2D eigenvalue weighted by molar-refractivity contribution is -0.122. The van der Waals surface area contributed by atoms with Gasteiger partial charge >= 0.3 is 0 Å². The maximum absolute atomic E-state index is 11.3. The van der Waals surface area contributed by atoms with Crippen LogP contribution in [0.3, 0.4) is 0 Å². The first-order valence-electron chi connectivity index (χ1n) is 11.7. The molecule has 0 unspecified atom stereocenters. The third-order valence-electron chi connectivity index (χ3n) is 3.38. The predicted octanol–water partition coefficient (Wildman–Crippen LogP) is 6.83. The quantitative estimate of drug-likeness (QED) is 0.412. The van der Waals surface area contributed by atoms with Gasteiger partial charge in [0.2, 0.25) is 5.91 Å². The number of hydrogen-bond donors (Lipinski definition) is 1. The van der Waals surface area contributed by atoms with Crippen LogP contribution in [-0.4, -0.2) is 42.9 Å². The Kier molecular flexibility index (Phi) is 18.7. The van der Waals surface area contributed by atoms with Crippen molar-refractivity contribution >= 4 is 27.5 Å². The molecule has 0 aromatic heterocycles. The number of thioether (sulfide) groups is 1. The molecule has 0 fully saturated rings. The van der Waals surface area contributed by atoms with Crippen molar-refractivity contribution in [1.29, 1.82) is 0 Å². The summed E-state index contributed by atoms with van der Waals surface area (Å²) in [5.74, 6) is 4.32. The van der Waals surface area contributed by atoms with Gasteiger partial charge in [-0.3, -0.25) is 4.79 Å². The fourth-order valence-corrected chi connectivity index (χ4v) is 4.86. The molecule has 0 aromatic rings. The largest absolute Gasteiger partial charge is 0.354 e. The molecule has 1 N–H and O–H groups in total. The molecular weight excluding hydrogens is 426 g/mol. The zero-order valence-corrected chi connectivity index (χ0v) is 24.8. The van der Waals surface area contributed by atoms with Gasteiger partial charge in [0.25, 0.3) is 0 Å². The van der Waals surface area contributed by atoms with Gasteiger partial charge in [-0.25, -0.2) is 8.42 Å². The zero-order valence-electron chi connectivity index (χ0n) is 23.2. The van der Waals surface area contributed by atoms with Crippen molar-refractivity contribution in [3.05, 3.63) is 0 Å². The highest BCUT2D eigenvalue weighted by atomic mass is 32.2. The normalized spacial score (nSPS) is 12.5. The van der Waals surface area contributed by atoms with E-state index in [0.717, 1.165) is 5.92 Å². The lowest BCUT2D eigenvalue weighted by Gasteiger charge is -2.19. The Morgan fingerprint density at radius 3 is 1.48 bits per heavy atom.